The van der Waals surface area contributed by atoms with Crippen LogP contribution in [-0.4, -0.2) is 22.5 Å². The smallest absolute Gasteiger partial charge is 0.257 e. The third-order valence-corrected chi connectivity index (χ3v) is 4.11. The zero-order chi connectivity index (χ0) is 14.8. The number of aryl methyl sites for hydroxylation is 2. The fraction of sp³-hybridized carbons (Fsp3) is 0.278. The highest BCUT2D eigenvalue weighted by atomic mass is 16.3. The van der Waals surface area contributed by atoms with Gasteiger partial charge in [0, 0.05) is 13.1 Å². The van der Waals surface area contributed by atoms with Crippen molar-refractivity contribution in [3.63, 3.8) is 0 Å². The number of nitrogens with zero attached hydrogens (tertiary/aromatic N) is 1. The number of hydrogen-bond donors (Lipinski definition) is 1. The maximum atomic E-state index is 12.7. The predicted octanol–water partition coefficient (Wildman–Crippen LogP) is 3.29. The number of para-hydroxylation sites is 1. The van der Waals surface area contributed by atoms with E-state index in [2.05, 4.69) is 12.1 Å². The fourth-order valence-corrected chi connectivity index (χ4v) is 2.88. The third kappa shape index (κ3) is 2.64. The Balaban J connectivity index is 1.90. The Bertz CT molecular complexity index is 679. The molecule has 2 aromatic rings. The molecule has 1 aliphatic rings. The molecule has 0 spiro atoms. The Morgan fingerprint density at radius 2 is 1.86 bits per heavy atom. The lowest BCUT2D eigenvalue weighted by atomic mass is 10.0. The summed E-state index contributed by atoms with van der Waals surface area (Å²) in [5.41, 5.74) is 3.65. The maximum Gasteiger partial charge on any atom is 0.257 e. The van der Waals surface area contributed by atoms with Crippen LogP contribution in [0.1, 0.15) is 33.5 Å². The van der Waals surface area contributed by atoms with Crippen LogP contribution >= 0.6 is 0 Å². The zero-order valence-electron chi connectivity index (χ0n) is 12.2. The summed E-state index contributed by atoms with van der Waals surface area (Å²) in [7, 11) is 0. The van der Waals surface area contributed by atoms with E-state index in [9.17, 15) is 9.90 Å². The summed E-state index contributed by atoms with van der Waals surface area (Å²) in [5, 5.41) is 10.1. The van der Waals surface area contributed by atoms with Crippen molar-refractivity contribution >= 4 is 5.91 Å². The summed E-state index contributed by atoms with van der Waals surface area (Å²) >= 11 is 0. The minimum Gasteiger partial charge on any atom is -0.507 e. The topological polar surface area (TPSA) is 40.5 Å². The minimum atomic E-state index is -0.0899. The van der Waals surface area contributed by atoms with Crippen molar-refractivity contribution in [2.75, 3.05) is 6.54 Å². The highest BCUT2D eigenvalue weighted by Gasteiger charge is 2.22. The van der Waals surface area contributed by atoms with Gasteiger partial charge in [-0.3, -0.25) is 4.79 Å². The number of phenolic OH excluding ortho intramolecular Hbond substituents is 1. The molecule has 1 amide bonds. The molecule has 2 aromatic carbocycles. The number of hydrogen-bond acceptors (Lipinski definition) is 2. The first kappa shape index (κ1) is 13.7. The number of carbonyl (C=O) groups excluding carboxylic acids is 1. The molecule has 21 heavy (non-hydrogen) atoms. The molecule has 0 saturated carbocycles. The zero-order valence-corrected chi connectivity index (χ0v) is 12.2. The van der Waals surface area contributed by atoms with Crippen LogP contribution in [0.25, 0.3) is 0 Å². The Morgan fingerprint density at radius 3 is 2.67 bits per heavy atom. The average Bonchev–Trinajstić information content (AvgIpc) is 2.71. The Hall–Kier alpha value is -2.29. The van der Waals surface area contributed by atoms with E-state index in [-0.39, 0.29) is 11.7 Å². The number of carbonyl (C=O) groups is 1. The van der Waals surface area contributed by atoms with Crippen LogP contribution in [0.15, 0.2) is 42.5 Å². The van der Waals surface area contributed by atoms with Crippen LogP contribution in [0.2, 0.25) is 0 Å². The van der Waals surface area contributed by atoms with Gasteiger partial charge in [-0.1, -0.05) is 36.4 Å². The number of fused-ring (bicyclic) bond motifs is 1. The first-order valence-electron chi connectivity index (χ1n) is 7.31. The molecule has 3 nitrogen and oxygen atoms in total. The van der Waals surface area contributed by atoms with Gasteiger partial charge in [0.05, 0.1) is 5.56 Å². The van der Waals surface area contributed by atoms with Crippen LogP contribution in [0, 0.1) is 6.92 Å². The van der Waals surface area contributed by atoms with Gasteiger partial charge in [0.1, 0.15) is 5.75 Å². The molecular formula is C18H19NO2. The van der Waals surface area contributed by atoms with E-state index in [1.165, 1.54) is 11.1 Å². The van der Waals surface area contributed by atoms with Crippen molar-refractivity contribution in [3.8, 4) is 5.75 Å². The molecule has 3 rings (SSSR count). The largest absolute Gasteiger partial charge is 0.507 e. The van der Waals surface area contributed by atoms with Crippen molar-refractivity contribution in [1.82, 2.24) is 4.90 Å². The molecule has 0 fully saturated rings. The molecule has 0 bridgehead atoms. The van der Waals surface area contributed by atoms with Gasteiger partial charge < -0.3 is 10.0 Å². The summed E-state index contributed by atoms with van der Waals surface area (Å²) in [6.07, 6.45) is 1.95. The van der Waals surface area contributed by atoms with E-state index in [1.54, 1.807) is 6.07 Å². The van der Waals surface area contributed by atoms with Crippen LogP contribution < -0.4 is 0 Å². The SMILES string of the molecule is Cc1cccc(C(=O)N2CCCc3ccccc3C2)c1O. The van der Waals surface area contributed by atoms with Crippen molar-refractivity contribution in [3.05, 3.63) is 64.7 Å². The first-order valence-corrected chi connectivity index (χ1v) is 7.31. The lowest BCUT2D eigenvalue weighted by Crippen LogP contribution is -2.30. The maximum absolute atomic E-state index is 12.7. The summed E-state index contributed by atoms with van der Waals surface area (Å²) in [6.45, 7) is 3.15. The molecular weight excluding hydrogens is 262 g/mol. The van der Waals surface area contributed by atoms with Crippen LogP contribution in [0.5, 0.6) is 5.75 Å². The Morgan fingerprint density at radius 1 is 1.10 bits per heavy atom. The molecule has 1 aliphatic heterocycles. The molecule has 1 heterocycles. The third-order valence-electron chi connectivity index (χ3n) is 4.11. The standard InChI is InChI=1S/C18H19NO2/c1-13-6-4-10-16(17(13)20)18(21)19-11-5-9-14-7-2-3-8-15(14)12-19/h2-4,6-8,10,20H,5,9,11-12H2,1H3. The number of rotatable bonds is 1. The molecule has 108 valence electrons. The molecule has 1 N–H and O–H groups in total. The Kier molecular flexibility index (Phi) is 3.65. The van der Waals surface area contributed by atoms with Crippen LogP contribution in [-0.2, 0) is 13.0 Å². The van der Waals surface area contributed by atoms with Gasteiger partial charge in [0.2, 0.25) is 0 Å². The summed E-state index contributed by atoms with van der Waals surface area (Å²) in [5.74, 6) is 0.00735. The normalized spacial score (nSPS) is 14.4. The first-order chi connectivity index (χ1) is 10.2. The van der Waals surface area contributed by atoms with Crippen molar-refractivity contribution in [2.45, 2.75) is 26.3 Å². The lowest BCUT2D eigenvalue weighted by molar-refractivity contribution is 0.0742. The lowest BCUT2D eigenvalue weighted by Gasteiger charge is -2.21. The number of phenols is 1. The van der Waals surface area contributed by atoms with Crippen molar-refractivity contribution in [2.24, 2.45) is 0 Å². The van der Waals surface area contributed by atoms with Gasteiger partial charge in [-0.2, -0.15) is 0 Å². The van der Waals surface area contributed by atoms with Crippen molar-refractivity contribution < 1.29 is 9.90 Å². The van der Waals surface area contributed by atoms with Gasteiger partial charge >= 0.3 is 0 Å². The van der Waals surface area contributed by atoms with E-state index in [1.807, 2.05) is 36.1 Å². The van der Waals surface area contributed by atoms with Crippen LogP contribution in [0.4, 0.5) is 0 Å². The second kappa shape index (κ2) is 5.60. The van der Waals surface area contributed by atoms with E-state index in [4.69, 9.17) is 0 Å². The minimum absolute atomic E-state index is 0.0899. The van der Waals surface area contributed by atoms with Gasteiger partial charge in [-0.15, -0.1) is 0 Å². The van der Waals surface area contributed by atoms with E-state index in [0.29, 0.717) is 12.1 Å². The second-order valence-corrected chi connectivity index (χ2v) is 5.57. The molecule has 0 atom stereocenters. The highest BCUT2D eigenvalue weighted by Crippen LogP contribution is 2.25. The average molecular weight is 281 g/mol. The monoisotopic (exact) mass is 281 g/mol. The van der Waals surface area contributed by atoms with E-state index < -0.39 is 0 Å². The van der Waals surface area contributed by atoms with Crippen molar-refractivity contribution in [1.29, 1.82) is 0 Å². The quantitative estimate of drug-likeness (QED) is 0.871. The number of aromatic hydroxyl groups is 1. The van der Waals surface area contributed by atoms with E-state index in [0.717, 1.165) is 24.9 Å². The fourth-order valence-electron chi connectivity index (χ4n) is 2.88. The Labute approximate surface area is 124 Å². The second-order valence-electron chi connectivity index (χ2n) is 5.57. The molecule has 0 aromatic heterocycles. The van der Waals surface area contributed by atoms with Gasteiger partial charge in [0.25, 0.3) is 5.91 Å². The molecule has 3 heteroatoms. The summed E-state index contributed by atoms with van der Waals surface area (Å²) in [4.78, 5) is 14.5. The van der Waals surface area contributed by atoms with Gasteiger partial charge in [-0.05, 0) is 42.5 Å². The number of benzene rings is 2. The van der Waals surface area contributed by atoms with Crippen LogP contribution in [0.3, 0.4) is 0 Å². The predicted molar refractivity (Wildman–Crippen MR) is 82.3 cm³/mol. The summed E-state index contributed by atoms with van der Waals surface area (Å²) in [6, 6.07) is 13.6. The van der Waals surface area contributed by atoms with Gasteiger partial charge in [-0.25, -0.2) is 0 Å². The van der Waals surface area contributed by atoms with Gasteiger partial charge in [0.15, 0.2) is 0 Å². The molecule has 0 radical (unpaired) electrons. The number of amides is 1. The highest BCUT2D eigenvalue weighted by molar-refractivity contribution is 5.97. The van der Waals surface area contributed by atoms with E-state index >= 15 is 0 Å². The molecule has 0 aliphatic carbocycles. The molecule has 0 saturated heterocycles. The molecule has 0 unspecified atom stereocenters. The summed E-state index contributed by atoms with van der Waals surface area (Å²) < 4.78 is 0.